The van der Waals surface area contributed by atoms with Crippen LogP contribution in [0.15, 0.2) is 36.4 Å². The summed E-state index contributed by atoms with van der Waals surface area (Å²) in [6, 6.07) is 12.4. The Morgan fingerprint density at radius 1 is 1.25 bits per heavy atom. The Morgan fingerprint density at radius 3 is 2.69 bits per heavy atom. The van der Waals surface area contributed by atoms with Gasteiger partial charge in [-0.3, -0.25) is 4.79 Å². The minimum atomic E-state index is 0.157. The molecule has 1 aromatic carbocycles. The largest absolute Gasteiger partial charge is 0.350 e. The van der Waals surface area contributed by atoms with E-state index < -0.39 is 0 Å². The van der Waals surface area contributed by atoms with E-state index in [0.717, 1.165) is 10.4 Å². The molecule has 1 aliphatic rings. The smallest absolute Gasteiger partial charge is 0.170 e. The Morgan fingerprint density at radius 2 is 2.00 bits per heavy atom. The fraction of sp³-hybridized carbons (Fsp3) is 0.154. The Labute approximate surface area is 97.7 Å². The average Bonchev–Trinajstić information content (AvgIpc) is 2.83. The van der Waals surface area contributed by atoms with Gasteiger partial charge in [0.2, 0.25) is 0 Å². The van der Waals surface area contributed by atoms with E-state index in [4.69, 9.17) is 0 Å². The van der Waals surface area contributed by atoms with E-state index in [-0.39, 0.29) is 11.8 Å². The highest BCUT2D eigenvalue weighted by molar-refractivity contribution is 7.16. The van der Waals surface area contributed by atoms with Crippen molar-refractivity contribution in [1.82, 2.24) is 0 Å². The van der Waals surface area contributed by atoms with Gasteiger partial charge in [0.05, 0.1) is 11.3 Å². The van der Waals surface area contributed by atoms with Crippen LogP contribution in [-0.2, 0) is 0 Å². The lowest BCUT2D eigenvalue weighted by Gasteiger charge is -1.97. The number of thiophene rings is 1. The minimum absolute atomic E-state index is 0.157. The minimum Gasteiger partial charge on any atom is -0.350 e. The van der Waals surface area contributed by atoms with Gasteiger partial charge in [0.1, 0.15) is 6.04 Å². The molecule has 0 saturated carbocycles. The summed E-state index contributed by atoms with van der Waals surface area (Å²) in [6.45, 7) is 0. The van der Waals surface area contributed by atoms with E-state index in [1.165, 1.54) is 10.4 Å². The topological polar surface area (TPSA) is 44.7 Å². The van der Waals surface area contributed by atoms with Crippen LogP contribution in [0.5, 0.6) is 0 Å². The number of hydrogen-bond acceptors (Lipinski definition) is 2. The van der Waals surface area contributed by atoms with Crippen molar-refractivity contribution in [2.24, 2.45) is 0 Å². The van der Waals surface area contributed by atoms with Gasteiger partial charge in [-0.25, -0.2) is 0 Å². The first kappa shape index (κ1) is 9.75. The molecule has 1 aromatic heterocycles. The second-order valence-electron chi connectivity index (χ2n) is 4.08. The van der Waals surface area contributed by atoms with Gasteiger partial charge >= 0.3 is 0 Å². The zero-order valence-corrected chi connectivity index (χ0v) is 9.59. The average molecular weight is 230 g/mol. The molecule has 1 heterocycles. The van der Waals surface area contributed by atoms with Crippen molar-refractivity contribution < 1.29 is 10.5 Å². The van der Waals surface area contributed by atoms with Gasteiger partial charge in [0.25, 0.3) is 0 Å². The second-order valence-corrected chi connectivity index (χ2v) is 5.16. The van der Waals surface area contributed by atoms with Crippen LogP contribution in [0, 0.1) is 0 Å². The number of rotatable bonds is 1. The predicted octanol–water partition coefficient (Wildman–Crippen LogP) is 2.28. The van der Waals surface area contributed by atoms with Crippen molar-refractivity contribution in [1.29, 1.82) is 0 Å². The molecule has 1 unspecified atom stereocenters. The van der Waals surface area contributed by atoms with Gasteiger partial charge in [0.15, 0.2) is 5.78 Å². The normalized spacial score (nSPS) is 18.8. The highest BCUT2D eigenvalue weighted by Crippen LogP contribution is 2.39. The molecule has 1 atom stereocenters. The molecule has 3 N–H and O–H groups in total. The van der Waals surface area contributed by atoms with Crippen LogP contribution >= 0.6 is 11.3 Å². The maximum Gasteiger partial charge on any atom is 0.170 e. The molecular formula is C13H12NOS+. The number of Topliss-reactive ketones (excluding diaryl/α,β-unsaturated/α-hetero) is 1. The van der Waals surface area contributed by atoms with Crippen LogP contribution in [0.25, 0.3) is 10.4 Å². The van der Waals surface area contributed by atoms with Crippen LogP contribution in [0.1, 0.15) is 27.7 Å². The van der Waals surface area contributed by atoms with E-state index in [9.17, 15) is 4.79 Å². The SMILES string of the molecule is [NH3+]C1CC(=O)c2cc(-c3ccccc3)sc21. The van der Waals surface area contributed by atoms with E-state index in [0.29, 0.717) is 6.42 Å². The lowest BCUT2D eigenvalue weighted by Crippen LogP contribution is -2.52. The molecular weight excluding hydrogens is 218 g/mol. The highest BCUT2D eigenvalue weighted by atomic mass is 32.1. The molecule has 0 fully saturated rings. The van der Waals surface area contributed by atoms with Crippen molar-refractivity contribution >= 4 is 17.1 Å². The molecule has 2 nitrogen and oxygen atoms in total. The summed E-state index contributed by atoms with van der Waals surface area (Å²) in [4.78, 5) is 14.0. The van der Waals surface area contributed by atoms with Crippen LogP contribution < -0.4 is 5.73 Å². The number of benzene rings is 1. The van der Waals surface area contributed by atoms with Crippen molar-refractivity contribution in [3.63, 3.8) is 0 Å². The monoisotopic (exact) mass is 230 g/mol. The summed E-state index contributed by atoms with van der Waals surface area (Å²) in [5.41, 5.74) is 6.10. The lowest BCUT2D eigenvalue weighted by molar-refractivity contribution is -0.422. The summed E-state index contributed by atoms with van der Waals surface area (Å²) in [5.74, 6) is 0.244. The molecule has 1 aliphatic carbocycles. The molecule has 0 bridgehead atoms. The van der Waals surface area contributed by atoms with E-state index in [2.05, 4.69) is 17.9 Å². The predicted molar refractivity (Wildman–Crippen MR) is 64.3 cm³/mol. The molecule has 0 amide bonds. The highest BCUT2D eigenvalue weighted by Gasteiger charge is 2.32. The third-order valence-corrected chi connectivity index (χ3v) is 4.27. The Kier molecular flexibility index (Phi) is 2.16. The number of ketones is 1. The third-order valence-electron chi connectivity index (χ3n) is 2.92. The van der Waals surface area contributed by atoms with Gasteiger partial charge in [-0.1, -0.05) is 30.3 Å². The fourth-order valence-electron chi connectivity index (χ4n) is 2.10. The molecule has 3 heteroatoms. The maximum absolute atomic E-state index is 11.7. The molecule has 0 saturated heterocycles. The molecule has 16 heavy (non-hydrogen) atoms. The van der Waals surface area contributed by atoms with E-state index >= 15 is 0 Å². The van der Waals surface area contributed by atoms with Gasteiger partial charge < -0.3 is 5.73 Å². The summed E-state index contributed by atoms with van der Waals surface area (Å²) in [6.07, 6.45) is 0.580. The Bertz CT molecular complexity index is 544. The Balaban J connectivity index is 2.10. The van der Waals surface area contributed by atoms with E-state index in [1.807, 2.05) is 24.3 Å². The third kappa shape index (κ3) is 1.40. The van der Waals surface area contributed by atoms with Crippen LogP contribution in [-0.4, -0.2) is 5.78 Å². The van der Waals surface area contributed by atoms with Crippen molar-refractivity contribution in [3.8, 4) is 10.4 Å². The summed E-state index contributed by atoms with van der Waals surface area (Å²) in [5, 5.41) is 0. The summed E-state index contributed by atoms with van der Waals surface area (Å²) >= 11 is 1.70. The van der Waals surface area contributed by atoms with Gasteiger partial charge in [-0.15, -0.1) is 11.3 Å². The zero-order valence-electron chi connectivity index (χ0n) is 8.77. The number of carbonyl (C=O) groups is 1. The summed E-state index contributed by atoms with van der Waals surface area (Å²) in [7, 11) is 0. The van der Waals surface area contributed by atoms with E-state index in [1.54, 1.807) is 11.3 Å². The fourth-order valence-corrected chi connectivity index (χ4v) is 3.30. The van der Waals surface area contributed by atoms with Crippen molar-refractivity contribution in [3.05, 3.63) is 46.8 Å². The molecule has 0 radical (unpaired) electrons. The standard InChI is InChI=1S/C13H11NOS/c14-10-7-11(15)9-6-12(16-13(9)10)8-4-2-1-3-5-8/h1-6,10H,7,14H2/p+1. The number of quaternary nitrogens is 1. The van der Waals surface area contributed by atoms with Gasteiger partial charge in [0, 0.05) is 10.4 Å². The molecule has 3 rings (SSSR count). The van der Waals surface area contributed by atoms with Crippen LogP contribution in [0.4, 0.5) is 0 Å². The number of hydrogen-bond donors (Lipinski definition) is 1. The zero-order chi connectivity index (χ0) is 11.1. The number of carbonyl (C=O) groups excluding carboxylic acids is 1. The van der Waals surface area contributed by atoms with Crippen LogP contribution in [0.3, 0.4) is 0 Å². The molecule has 0 aliphatic heterocycles. The van der Waals surface area contributed by atoms with Crippen molar-refractivity contribution in [2.75, 3.05) is 0 Å². The molecule has 2 aromatic rings. The van der Waals surface area contributed by atoms with Crippen LogP contribution in [0.2, 0.25) is 0 Å². The van der Waals surface area contributed by atoms with Crippen molar-refractivity contribution in [2.45, 2.75) is 12.5 Å². The maximum atomic E-state index is 11.7. The summed E-state index contributed by atoms with van der Waals surface area (Å²) < 4.78 is 0. The van der Waals surface area contributed by atoms with Gasteiger partial charge in [-0.05, 0) is 11.6 Å². The Hall–Kier alpha value is -1.45. The second kappa shape index (κ2) is 3.54. The first-order valence-electron chi connectivity index (χ1n) is 5.31. The van der Waals surface area contributed by atoms with Gasteiger partial charge in [-0.2, -0.15) is 0 Å². The molecule has 80 valence electrons. The quantitative estimate of drug-likeness (QED) is 0.802. The first-order chi connectivity index (χ1) is 7.75. The lowest BCUT2D eigenvalue weighted by atomic mass is 10.1. The molecule has 0 spiro atoms. The number of fused-ring (bicyclic) bond motifs is 1. The first-order valence-corrected chi connectivity index (χ1v) is 6.13.